The Hall–Kier alpha value is -3.13. The Kier molecular flexibility index (Phi) is 6.44. The molecule has 0 aliphatic carbocycles. The molecule has 148 valence electrons. The molecule has 1 aliphatic rings. The minimum atomic E-state index is -0.479. The first kappa shape index (κ1) is 19.6. The number of benzene rings is 2. The molecule has 2 aromatic carbocycles. The lowest BCUT2D eigenvalue weighted by molar-refractivity contribution is -0.384. The summed E-state index contributed by atoms with van der Waals surface area (Å²) in [5.41, 5.74) is 1.59. The van der Waals surface area contributed by atoms with E-state index in [9.17, 15) is 14.9 Å². The summed E-state index contributed by atoms with van der Waals surface area (Å²) in [5.74, 6) is 0.637. The van der Waals surface area contributed by atoms with Crippen LogP contribution in [-0.2, 0) is 0 Å². The molecule has 0 spiro atoms. The zero-order valence-electron chi connectivity index (χ0n) is 15.8. The fourth-order valence-electron chi connectivity index (χ4n) is 3.19. The van der Waals surface area contributed by atoms with Crippen molar-refractivity contribution in [3.63, 3.8) is 0 Å². The Morgan fingerprint density at radius 1 is 1.07 bits per heavy atom. The second-order valence-electron chi connectivity index (χ2n) is 6.59. The van der Waals surface area contributed by atoms with Gasteiger partial charge in [-0.25, -0.2) is 0 Å². The zero-order chi connectivity index (χ0) is 19.9. The monoisotopic (exact) mass is 384 g/mol. The topological polar surface area (TPSA) is 88.0 Å². The number of rotatable bonds is 7. The van der Waals surface area contributed by atoms with Gasteiger partial charge in [-0.05, 0) is 36.4 Å². The first-order valence-electron chi connectivity index (χ1n) is 9.21. The van der Waals surface area contributed by atoms with Crippen LogP contribution in [0.4, 0.5) is 11.4 Å². The van der Waals surface area contributed by atoms with Crippen LogP contribution in [0.15, 0.2) is 48.5 Å². The van der Waals surface area contributed by atoms with Crippen molar-refractivity contribution in [2.24, 2.45) is 0 Å². The van der Waals surface area contributed by atoms with Crippen LogP contribution in [0, 0.1) is 10.1 Å². The number of piperazine rings is 1. The van der Waals surface area contributed by atoms with E-state index in [1.807, 2.05) is 12.1 Å². The number of nitro benzene ring substituents is 1. The van der Waals surface area contributed by atoms with E-state index in [1.165, 1.54) is 30.0 Å². The number of hydrogen-bond donors (Lipinski definition) is 1. The number of carbonyl (C=O) groups excluding carboxylic acids is 1. The summed E-state index contributed by atoms with van der Waals surface area (Å²) in [6.45, 7) is 5.04. The molecule has 0 radical (unpaired) electrons. The molecule has 1 aliphatic heterocycles. The SMILES string of the molecule is COc1ccc(N2CCN(CCNC(=O)c3ccc([N+](=O)[O-])cc3)CC2)cc1. The number of nitrogens with one attached hydrogen (secondary N) is 1. The van der Waals surface area contributed by atoms with Crippen LogP contribution < -0.4 is 15.0 Å². The minimum absolute atomic E-state index is 0.0220. The second-order valence-corrected chi connectivity index (χ2v) is 6.59. The lowest BCUT2D eigenvalue weighted by atomic mass is 10.2. The van der Waals surface area contributed by atoms with Gasteiger partial charge in [-0.15, -0.1) is 0 Å². The van der Waals surface area contributed by atoms with Crippen molar-refractivity contribution in [3.8, 4) is 5.75 Å². The Morgan fingerprint density at radius 3 is 2.29 bits per heavy atom. The third-order valence-corrected chi connectivity index (χ3v) is 4.86. The van der Waals surface area contributed by atoms with Crippen molar-refractivity contribution in [2.75, 3.05) is 51.3 Å². The van der Waals surface area contributed by atoms with E-state index in [2.05, 4.69) is 27.2 Å². The average molecular weight is 384 g/mol. The zero-order valence-corrected chi connectivity index (χ0v) is 15.8. The normalized spacial score (nSPS) is 14.5. The molecule has 3 rings (SSSR count). The quantitative estimate of drug-likeness (QED) is 0.581. The molecular formula is C20H24N4O4. The number of nitro groups is 1. The van der Waals surface area contributed by atoms with Crippen LogP contribution in [-0.4, -0.2) is 62.1 Å². The number of methoxy groups -OCH3 is 1. The van der Waals surface area contributed by atoms with Crippen LogP contribution >= 0.6 is 0 Å². The average Bonchev–Trinajstić information content (AvgIpc) is 2.74. The number of non-ortho nitro benzene ring substituents is 1. The third-order valence-electron chi connectivity index (χ3n) is 4.86. The van der Waals surface area contributed by atoms with Gasteiger partial charge in [0, 0.05) is 62.7 Å². The Labute approximate surface area is 163 Å². The molecule has 28 heavy (non-hydrogen) atoms. The van der Waals surface area contributed by atoms with Crippen LogP contribution in [0.5, 0.6) is 5.75 Å². The molecule has 1 saturated heterocycles. The highest BCUT2D eigenvalue weighted by Crippen LogP contribution is 2.20. The predicted octanol–water partition coefficient (Wildman–Crippen LogP) is 2.16. The summed E-state index contributed by atoms with van der Waals surface area (Å²) in [6.07, 6.45) is 0. The molecular weight excluding hydrogens is 360 g/mol. The Morgan fingerprint density at radius 2 is 1.71 bits per heavy atom. The van der Waals surface area contributed by atoms with Gasteiger partial charge < -0.3 is 15.0 Å². The summed E-state index contributed by atoms with van der Waals surface area (Å²) >= 11 is 0. The number of anilines is 1. The van der Waals surface area contributed by atoms with Crippen LogP contribution in [0.2, 0.25) is 0 Å². The highest BCUT2D eigenvalue weighted by Gasteiger charge is 2.17. The summed E-state index contributed by atoms with van der Waals surface area (Å²) < 4.78 is 5.19. The Balaban J connectivity index is 1.40. The van der Waals surface area contributed by atoms with E-state index in [1.54, 1.807) is 7.11 Å². The highest BCUT2D eigenvalue weighted by molar-refractivity contribution is 5.94. The standard InChI is InChI=1S/C20H24N4O4/c1-28-19-8-6-17(7-9-19)23-14-12-22(13-15-23)11-10-21-20(25)16-2-4-18(5-3-16)24(26)27/h2-9H,10-15H2,1H3,(H,21,25). The smallest absolute Gasteiger partial charge is 0.269 e. The van der Waals surface area contributed by atoms with E-state index in [0.717, 1.165) is 38.5 Å². The largest absolute Gasteiger partial charge is 0.497 e. The molecule has 1 N–H and O–H groups in total. The van der Waals surface area contributed by atoms with Crippen molar-refractivity contribution in [2.45, 2.75) is 0 Å². The number of hydrogen-bond acceptors (Lipinski definition) is 6. The number of carbonyl (C=O) groups is 1. The van der Waals surface area contributed by atoms with Crippen LogP contribution in [0.3, 0.4) is 0 Å². The summed E-state index contributed by atoms with van der Waals surface area (Å²) in [5, 5.41) is 13.5. The van der Waals surface area contributed by atoms with Gasteiger partial charge in [0.25, 0.3) is 11.6 Å². The van der Waals surface area contributed by atoms with E-state index in [4.69, 9.17) is 4.74 Å². The van der Waals surface area contributed by atoms with E-state index in [0.29, 0.717) is 12.1 Å². The highest BCUT2D eigenvalue weighted by atomic mass is 16.6. The predicted molar refractivity (Wildman–Crippen MR) is 107 cm³/mol. The molecule has 0 bridgehead atoms. The van der Waals surface area contributed by atoms with Gasteiger partial charge in [0.1, 0.15) is 5.75 Å². The summed E-state index contributed by atoms with van der Waals surface area (Å²) in [4.78, 5) is 27.0. The number of amides is 1. The van der Waals surface area contributed by atoms with E-state index >= 15 is 0 Å². The third kappa shape index (κ3) is 4.98. The fourth-order valence-corrected chi connectivity index (χ4v) is 3.19. The van der Waals surface area contributed by atoms with Gasteiger partial charge in [0.2, 0.25) is 0 Å². The molecule has 8 nitrogen and oxygen atoms in total. The van der Waals surface area contributed by atoms with Gasteiger partial charge in [0.05, 0.1) is 12.0 Å². The second kappa shape index (κ2) is 9.18. The van der Waals surface area contributed by atoms with Crippen molar-refractivity contribution in [1.82, 2.24) is 10.2 Å². The maximum Gasteiger partial charge on any atom is 0.269 e. The van der Waals surface area contributed by atoms with Crippen molar-refractivity contribution >= 4 is 17.3 Å². The van der Waals surface area contributed by atoms with Crippen molar-refractivity contribution < 1.29 is 14.5 Å². The lowest BCUT2D eigenvalue weighted by Crippen LogP contribution is -2.48. The van der Waals surface area contributed by atoms with Crippen LogP contribution in [0.25, 0.3) is 0 Å². The molecule has 0 atom stereocenters. The van der Waals surface area contributed by atoms with E-state index < -0.39 is 4.92 Å². The molecule has 1 amide bonds. The first-order valence-corrected chi connectivity index (χ1v) is 9.21. The van der Waals surface area contributed by atoms with Gasteiger partial charge in [0.15, 0.2) is 0 Å². The fraction of sp³-hybridized carbons (Fsp3) is 0.350. The van der Waals surface area contributed by atoms with Gasteiger partial charge in [-0.1, -0.05) is 0 Å². The summed E-state index contributed by atoms with van der Waals surface area (Å²) in [7, 11) is 1.66. The minimum Gasteiger partial charge on any atom is -0.497 e. The lowest BCUT2D eigenvalue weighted by Gasteiger charge is -2.36. The molecule has 2 aromatic rings. The maximum atomic E-state index is 12.1. The molecule has 1 heterocycles. The van der Waals surface area contributed by atoms with Crippen molar-refractivity contribution in [3.05, 3.63) is 64.2 Å². The first-order chi connectivity index (χ1) is 13.6. The van der Waals surface area contributed by atoms with Crippen molar-refractivity contribution in [1.29, 1.82) is 0 Å². The van der Waals surface area contributed by atoms with Crippen LogP contribution in [0.1, 0.15) is 10.4 Å². The van der Waals surface area contributed by atoms with Gasteiger partial charge in [-0.2, -0.15) is 0 Å². The maximum absolute atomic E-state index is 12.1. The number of ether oxygens (including phenoxy) is 1. The number of nitrogens with zero attached hydrogens (tertiary/aromatic N) is 3. The molecule has 8 heteroatoms. The van der Waals surface area contributed by atoms with E-state index in [-0.39, 0.29) is 11.6 Å². The molecule has 0 aromatic heterocycles. The van der Waals surface area contributed by atoms with Gasteiger partial charge >= 0.3 is 0 Å². The summed E-state index contributed by atoms with van der Waals surface area (Å²) in [6, 6.07) is 13.7. The molecule has 1 fully saturated rings. The molecule has 0 unspecified atom stereocenters. The molecule has 0 saturated carbocycles. The Bertz CT molecular complexity index is 800. The van der Waals surface area contributed by atoms with Gasteiger partial charge in [-0.3, -0.25) is 19.8 Å².